The van der Waals surface area contributed by atoms with E-state index in [9.17, 15) is 13.2 Å². The molecule has 0 atom stereocenters. The van der Waals surface area contributed by atoms with Gasteiger partial charge in [0, 0.05) is 13.1 Å². The summed E-state index contributed by atoms with van der Waals surface area (Å²) in [6.07, 6.45) is 1.19. The number of rotatable bonds is 3. The highest BCUT2D eigenvalue weighted by atomic mass is 32.2. The summed E-state index contributed by atoms with van der Waals surface area (Å²) in [6, 6.07) is 1.84. The quantitative estimate of drug-likeness (QED) is 0.762. The maximum absolute atomic E-state index is 11.5. The van der Waals surface area contributed by atoms with Crippen molar-refractivity contribution in [1.29, 1.82) is 0 Å². The van der Waals surface area contributed by atoms with Gasteiger partial charge in [0.2, 0.25) is 0 Å². The van der Waals surface area contributed by atoms with Crippen LogP contribution >= 0.6 is 11.3 Å². The zero-order valence-corrected chi connectivity index (χ0v) is 12.2. The molecule has 19 heavy (non-hydrogen) atoms. The van der Waals surface area contributed by atoms with Crippen molar-refractivity contribution >= 4 is 37.8 Å². The van der Waals surface area contributed by atoms with E-state index in [-0.39, 0.29) is 23.5 Å². The number of carbonyl (C=O) groups is 1. The molecule has 2 heterocycles. The lowest BCUT2D eigenvalue weighted by atomic mass is 10.1. The first kappa shape index (κ1) is 14.1. The van der Waals surface area contributed by atoms with Crippen LogP contribution in [0.25, 0.3) is 0 Å². The topological polar surface area (TPSA) is 101 Å². The molecule has 6 nitrogen and oxygen atoms in total. The molecule has 1 aromatic rings. The monoisotopic (exact) mass is 303 g/mol. The molecule has 0 unspecified atom stereocenters. The minimum absolute atomic E-state index is 0.124. The SMILES string of the molecule is CNC(=O)c1sc(NC2CCS(=O)(=O)CC2)cc1N. The lowest BCUT2D eigenvalue weighted by molar-refractivity contribution is 0.0968. The van der Waals surface area contributed by atoms with Gasteiger partial charge in [0.15, 0.2) is 0 Å². The lowest BCUT2D eigenvalue weighted by Gasteiger charge is -2.23. The Morgan fingerprint density at radius 3 is 2.63 bits per heavy atom. The van der Waals surface area contributed by atoms with Gasteiger partial charge in [-0.3, -0.25) is 4.79 Å². The summed E-state index contributed by atoms with van der Waals surface area (Å²) in [6.45, 7) is 0. The van der Waals surface area contributed by atoms with E-state index in [1.54, 1.807) is 13.1 Å². The molecule has 0 saturated carbocycles. The normalized spacial score (nSPS) is 19.0. The van der Waals surface area contributed by atoms with E-state index in [0.29, 0.717) is 23.4 Å². The van der Waals surface area contributed by atoms with Gasteiger partial charge in [-0.1, -0.05) is 0 Å². The van der Waals surface area contributed by atoms with Crippen LogP contribution in [-0.4, -0.2) is 38.9 Å². The van der Waals surface area contributed by atoms with Gasteiger partial charge in [-0.15, -0.1) is 11.3 Å². The van der Waals surface area contributed by atoms with Crippen molar-refractivity contribution in [3.63, 3.8) is 0 Å². The van der Waals surface area contributed by atoms with Crippen molar-refractivity contribution < 1.29 is 13.2 Å². The number of nitrogens with one attached hydrogen (secondary N) is 2. The van der Waals surface area contributed by atoms with E-state index in [2.05, 4.69) is 10.6 Å². The molecule has 1 aliphatic heterocycles. The highest BCUT2D eigenvalue weighted by molar-refractivity contribution is 7.91. The lowest BCUT2D eigenvalue weighted by Crippen LogP contribution is -2.31. The number of nitrogen functional groups attached to an aromatic ring is 1. The molecule has 1 amide bonds. The van der Waals surface area contributed by atoms with Crippen LogP contribution in [0.2, 0.25) is 0 Å². The average Bonchev–Trinajstić information content (AvgIpc) is 2.72. The highest BCUT2D eigenvalue weighted by Gasteiger charge is 2.24. The zero-order valence-electron chi connectivity index (χ0n) is 10.6. The summed E-state index contributed by atoms with van der Waals surface area (Å²) in [4.78, 5) is 12.0. The first-order valence-corrected chi connectivity index (χ1v) is 8.63. The summed E-state index contributed by atoms with van der Waals surface area (Å²) in [5.74, 6) is 0.226. The molecule has 0 spiro atoms. The average molecular weight is 303 g/mol. The number of carbonyl (C=O) groups excluding carboxylic acids is 1. The summed E-state index contributed by atoms with van der Waals surface area (Å²) >= 11 is 1.29. The second kappa shape index (κ2) is 5.38. The molecule has 106 valence electrons. The van der Waals surface area contributed by atoms with E-state index in [0.717, 1.165) is 5.00 Å². The van der Waals surface area contributed by atoms with Crippen LogP contribution in [0.1, 0.15) is 22.5 Å². The van der Waals surface area contributed by atoms with E-state index >= 15 is 0 Å². The van der Waals surface area contributed by atoms with Gasteiger partial charge < -0.3 is 16.4 Å². The molecule has 0 bridgehead atoms. The molecule has 1 aromatic heterocycles. The van der Waals surface area contributed by atoms with Crippen molar-refractivity contribution in [3.8, 4) is 0 Å². The molecule has 4 N–H and O–H groups in total. The van der Waals surface area contributed by atoms with Crippen molar-refractivity contribution in [1.82, 2.24) is 5.32 Å². The van der Waals surface area contributed by atoms with Crippen LogP contribution in [0.5, 0.6) is 0 Å². The van der Waals surface area contributed by atoms with Gasteiger partial charge in [-0.25, -0.2) is 8.42 Å². The fourth-order valence-electron chi connectivity index (χ4n) is 2.00. The minimum Gasteiger partial charge on any atom is -0.397 e. The molecule has 0 aromatic carbocycles. The number of hydrogen-bond acceptors (Lipinski definition) is 6. The second-order valence-electron chi connectivity index (χ2n) is 4.54. The van der Waals surface area contributed by atoms with Crippen LogP contribution in [0.15, 0.2) is 6.07 Å². The number of hydrogen-bond donors (Lipinski definition) is 3. The summed E-state index contributed by atoms with van der Waals surface area (Å²) < 4.78 is 22.7. The molecular formula is C11H17N3O3S2. The Balaban J connectivity index is 2.03. The smallest absolute Gasteiger partial charge is 0.263 e. The molecule has 0 radical (unpaired) electrons. The van der Waals surface area contributed by atoms with Gasteiger partial charge in [0.05, 0.1) is 22.2 Å². The van der Waals surface area contributed by atoms with Crippen LogP contribution in [-0.2, 0) is 9.84 Å². The van der Waals surface area contributed by atoms with Gasteiger partial charge in [0.25, 0.3) is 5.91 Å². The molecular weight excluding hydrogens is 286 g/mol. The second-order valence-corrected chi connectivity index (χ2v) is 7.90. The van der Waals surface area contributed by atoms with Crippen LogP contribution in [0.4, 0.5) is 10.7 Å². The first-order valence-electron chi connectivity index (χ1n) is 5.99. The van der Waals surface area contributed by atoms with Gasteiger partial charge in [-0.2, -0.15) is 0 Å². The van der Waals surface area contributed by atoms with Crippen LogP contribution in [0.3, 0.4) is 0 Å². The molecule has 1 fully saturated rings. The molecule has 2 rings (SSSR count). The minimum atomic E-state index is -2.85. The summed E-state index contributed by atoms with van der Waals surface area (Å²) in [5.41, 5.74) is 6.22. The Hall–Kier alpha value is -1.28. The Morgan fingerprint density at radius 2 is 2.05 bits per heavy atom. The predicted molar refractivity (Wildman–Crippen MR) is 77.4 cm³/mol. The van der Waals surface area contributed by atoms with Crippen molar-refractivity contribution in [2.75, 3.05) is 29.6 Å². The standard InChI is InChI=1S/C11H17N3O3S2/c1-13-11(15)10-8(12)6-9(18-10)14-7-2-4-19(16,17)5-3-7/h6-7,14H,2-5,12H2,1H3,(H,13,15). The summed E-state index contributed by atoms with van der Waals surface area (Å²) in [5, 5.41) is 6.59. The molecule has 1 saturated heterocycles. The maximum atomic E-state index is 11.5. The van der Waals surface area contributed by atoms with Crippen LogP contribution < -0.4 is 16.4 Å². The third kappa shape index (κ3) is 3.38. The number of nitrogens with two attached hydrogens (primary N) is 1. The number of amides is 1. The molecule has 1 aliphatic rings. The largest absolute Gasteiger partial charge is 0.397 e. The van der Waals surface area contributed by atoms with E-state index < -0.39 is 9.84 Å². The first-order chi connectivity index (χ1) is 8.91. The number of sulfone groups is 1. The van der Waals surface area contributed by atoms with Gasteiger partial charge in [0.1, 0.15) is 14.7 Å². The predicted octanol–water partition coefficient (Wildman–Crippen LogP) is 0.679. The number of anilines is 2. The van der Waals surface area contributed by atoms with Crippen molar-refractivity contribution in [3.05, 3.63) is 10.9 Å². The van der Waals surface area contributed by atoms with Crippen molar-refractivity contribution in [2.24, 2.45) is 0 Å². The Morgan fingerprint density at radius 1 is 1.42 bits per heavy atom. The fourth-order valence-corrected chi connectivity index (χ4v) is 4.50. The summed E-state index contributed by atoms with van der Waals surface area (Å²) in [7, 11) is -1.30. The van der Waals surface area contributed by atoms with E-state index in [4.69, 9.17) is 5.73 Å². The van der Waals surface area contributed by atoms with Gasteiger partial charge >= 0.3 is 0 Å². The third-order valence-corrected chi connectivity index (χ3v) is 5.89. The fraction of sp³-hybridized carbons (Fsp3) is 0.545. The van der Waals surface area contributed by atoms with Crippen LogP contribution in [0, 0.1) is 0 Å². The van der Waals surface area contributed by atoms with Crippen molar-refractivity contribution in [2.45, 2.75) is 18.9 Å². The Bertz CT molecular complexity index is 566. The molecule has 8 heteroatoms. The Kier molecular flexibility index (Phi) is 4.00. The third-order valence-electron chi connectivity index (χ3n) is 3.10. The number of thiophene rings is 1. The van der Waals surface area contributed by atoms with E-state index in [1.165, 1.54) is 11.3 Å². The Labute approximate surface area is 116 Å². The molecule has 0 aliphatic carbocycles. The van der Waals surface area contributed by atoms with E-state index in [1.807, 2.05) is 0 Å². The van der Waals surface area contributed by atoms with Gasteiger partial charge in [-0.05, 0) is 18.9 Å². The maximum Gasteiger partial charge on any atom is 0.263 e. The highest BCUT2D eigenvalue weighted by Crippen LogP contribution is 2.30. The zero-order chi connectivity index (χ0) is 14.0.